The van der Waals surface area contributed by atoms with Crippen molar-refractivity contribution in [2.75, 3.05) is 26.7 Å². The molecule has 1 saturated heterocycles. The average molecular weight is 297 g/mol. The van der Waals surface area contributed by atoms with Gasteiger partial charge in [-0.15, -0.1) is 0 Å². The van der Waals surface area contributed by atoms with Gasteiger partial charge in [0.05, 0.1) is 0 Å². The number of nitrogens with zero attached hydrogens (tertiary/aromatic N) is 3. The molecule has 1 aromatic rings. The number of nitrogens with two attached hydrogens (primary N) is 1. The molecule has 6 heteroatoms. The topological polar surface area (TPSA) is 65.1 Å². The summed E-state index contributed by atoms with van der Waals surface area (Å²) < 4.78 is 0. The van der Waals surface area contributed by atoms with Crippen LogP contribution in [-0.4, -0.2) is 53.6 Å². The van der Waals surface area contributed by atoms with E-state index in [-0.39, 0.29) is 5.84 Å². The highest BCUT2D eigenvalue weighted by atomic mass is 35.5. The molecule has 1 fully saturated rings. The zero-order chi connectivity index (χ0) is 14.7. The minimum atomic E-state index is 0.0754. The van der Waals surface area contributed by atoms with Crippen LogP contribution in [0, 0.1) is 0 Å². The summed E-state index contributed by atoms with van der Waals surface area (Å²) in [4.78, 5) is 4.76. The number of hydrogen-bond acceptors (Lipinski definition) is 4. The Hall–Kier alpha value is -1.30. The van der Waals surface area contributed by atoms with E-state index < -0.39 is 0 Å². The number of benzene rings is 1. The number of rotatable bonds is 3. The normalized spacial score (nSPS) is 22.1. The van der Waals surface area contributed by atoms with Crippen molar-refractivity contribution in [1.29, 1.82) is 0 Å². The van der Waals surface area contributed by atoms with Gasteiger partial charge < -0.3 is 15.8 Å². The highest BCUT2D eigenvalue weighted by Crippen LogP contribution is 2.21. The maximum absolute atomic E-state index is 8.68. The minimum absolute atomic E-state index is 0.0754. The van der Waals surface area contributed by atoms with Crippen LogP contribution in [0.15, 0.2) is 23.4 Å². The Morgan fingerprint density at radius 3 is 2.85 bits per heavy atom. The molecular weight excluding hydrogens is 276 g/mol. The van der Waals surface area contributed by atoms with Gasteiger partial charge >= 0.3 is 0 Å². The van der Waals surface area contributed by atoms with Crippen molar-refractivity contribution >= 4 is 17.4 Å². The van der Waals surface area contributed by atoms with Crippen LogP contribution in [0.5, 0.6) is 0 Å². The van der Waals surface area contributed by atoms with Crippen molar-refractivity contribution in [1.82, 2.24) is 9.80 Å². The molecule has 0 saturated carbocycles. The average Bonchev–Trinajstić information content (AvgIpc) is 2.42. The number of amidine groups is 1. The largest absolute Gasteiger partial charge is 0.409 e. The maximum atomic E-state index is 8.68. The predicted octanol–water partition coefficient (Wildman–Crippen LogP) is 1.57. The van der Waals surface area contributed by atoms with Gasteiger partial charge in [0.25, 0.3) is 0 Å². The van der Waals surface area contributed by atoms with Gasteiger partial charge in [-0.2, -0.15) is 0 Å². The number of hydrogen-bond donors (Lipinski definition) is 2. The van der Waals surface area contributed by atoms with Gasteiger partial charge in [0, 0.05) is 42.8 Å². The summed E-state index contributed by atoms with van der Waals surface area (Å²) >= 11 is 6.30. The second kappa shape index (κ2) is 6.43. The second-order valence-corrected chi connectivity index (χ2v) is 5.78. The van der Waals surface area contributed by atoms with Crippen molar-refractivity contribution in [2.24, 2.45) is 10.9 Å². The van der Waals surface area contributed by atoms with Gasteiger partial charge in [-0.3, -0.25) is 4.90 Å². The highest BCUT2D eigenvalue weighted by Gasteiger charge is 2.22. The number of halogens is 1. The second-order valence-electron chi connectivity index (χ2n) is 5.37. The third kappa shape index (κ3) is 3.42. The fraction of sp³-hybridized carbons (Fsp3) is 0.500. The molecule has 1 unspecified atom stereocenters. The van der Waals surface area contributed by atoms with Crippen LogP contribution in [0.2, 0.25) is 5.02 Å². The van der Waals surface area contributed by atoms with Crippen molar-refractivity contribution in [3.05, 3.63) is 34.3 Å². The molecule has 1 aromatic carbocycles. The van der Waals surface area contributed by atoms with Gasteiger partial charge in [0.1, 0.15) is 0 Å². The highest BCUT2D eigenvalue weighted by molar-refractivity contribution is 6.31. The summed E-state index contributed by atoms with van der Waals surface area (Å²) in [6, 6.07) is 6.03. The molecule has 0 spiro atoms. The standard InChI is InChI=1S/C14H21ClN4O/c1-10-8-18(2)5-6-19(10)9-12-4-3-11(7-13(12)15)14(16)17-20/h3-4,7,10,20H,5-6,8-9H2,1-2H3,(H2,16,17). The lowest BCUT2D eigenvalue weighted by Gasteiger charge is -2.38. The minimum Gasteiger partial charge on any atom is -0.409 e. The summed E-state index contributed by atoms with van der Waals surface area (Å²) in [5.74, 6) is 0.0754. The fourth-order valence-corrected chi connectivity index (χ4v) is 2.76. The van der Waals surface area contributed by atoms with Crippen LogP contribution in [-0.2, 0) is 6.54 Å². The van der Waals surface area contributed by atoms with E-state index in [0.29, 0.717) is 16.6 Å². The third-order valence-corrected chi connectivity index (χ3v) is 4.15. The molecule has 0 aromatic heterocycles. The molecule has 0 radical (unpaired) electrons. The first-order valence-electron chi connectivity index (χ1n) is 6.70. The predicted molar refractivity (Wildman–Crippen MR) is 81.3 cm³/mol. The van der Waals surface area contributed by atoms with E-state index in [1.54, 1.807) is 6.07 Å². The quantitative estimate of drug-likeness (QED) is 0.385. The summed E-state index contributed by atoms with van der Waals surface area (Å²) in [5.41, 5.74) is 7.26. The van der Waals surface area contributed by atoms with E-state index in [4.69, 9.17) is 22.5 Å². The molecule has 1 aliphatic rings. The van der Waals surface area contributed by atoms with Crippen LogP contribution < -0.4 is 5.73 Å². The SMILES string of the molecule is CC1CN(C)CCN1Cc1ccc(/C(N)=N/O)cc1Cl. The summed E-state index contributed by atoms with van der Waals surface area (Å²) in [6.45, 7) is 6.23. The molecule has 110 valence electrons. The van der Waals surface area contributed by atoms with E-state index >= 15 is 0 Å². The van der Waals surface area contributed by atoms with E-state index in [0.717, 1.165) is 31.7 Å². The van der Waals surface area contributed by atoms with Crippen molar-refractivity contribution in [2.45, 2.75) is 19.5 Å². The first-order valence-corrected chi connectivity index (χ1v) is 7.08. The van der Waals surface area contributed by atoms with E-state index in [1.165, 1.54) is 0 Å². The number of oxime groups is 1. The lowest BCUT2D eigenvalue weighted by molar-refractivity contribution is 0.0938. The van der Waals surface area contributed by atoms with E-state index in [1.807, 2.05) is 12.1 Å². The summed E-state index contributed by atoms with van der Waals surface area (Å²) in [5, 5.41) is 12.3. The monoisotopic (exact) mass is 296 g/mol. The number of likely N-dealkylation sites (N-methyl/N-ethyl adjacent to an activating group) is 1. The molecule has 2 rings (SSSR count). The molecule has 0 aliphatic carbocycles. The van der Waals surface area contributed by atoms with Crippen LogP contribution >= 0.6 is 11.6 Å². The molecule has 1 atom stereocenters. The van der Waals surface area contributed by atoms with Crippen molar-refractivity contribution in [3.63, 3.8) is 0 Å². The molecule has 1 heterocycles. The van der Waals surface area contributed by atoms with Crippen LogP contribution in [0.1, 0.15) is 18.1 Å². The molecule has 3 N–H and O–H groups in total. The Balaban J connectivity index is 2.10. The zero-order valence-electron chi connectivity index (χ0n) is 11.9. The fourth-order valence-electron chi connectivity index (χ4n) is 2.52. The van der Waals surface area contributed by atoms with Gasteiger partial charge in [-0.05, 0) is 25.6 Å². The molecule has 0 amide bonds. The maximum Gasteiger partial charge on any atom is 0.170 e. The van der Waals surface area contributed by atoms with Crippen molar-refractivity contribution in [3.8, 4) is 0 Å². The Morgan fingerprint density at radius 2 is 2.25 bits per heavy atom. The first kappa shape index (κ1) is 15.1. The molecular formula is C14H21ClN4O. The Bertz CT molecular complexity index is 506. The zero-order valence-corrected chi connectivity index (χ0v) is 12.6. The molecule has 20 heavy (non-hydrogen) atoms. The van der Waals surface area contributed by atoms with Gasteiger partial charge in [-0.25, -0.2) is 0 Å². The molecule has 1 aliphatic heterocycles. The smallest absolute Gasteiger partial charge is 0.170 e. The van der Waals surface area contributed by atoms with Crippen LogP contribution in [0.3, 0.4) is 0 Å². The Morgan fingerprint density at radius 1 is 1.50 bits per heavy atom. The van der Waals surface area contributed by atoms with Crippen molar-refractivity contribution < 1.29 is 5.21 Å². The number of piperazine rings is 1. The lowest BCUT2D eigenvalue weighted by Crippen LogP contribution is -2.49. The van der Waals surface area contributed by atoms with E-state index in [2.05, 4.69) is 28.9 Å². The third-order valence-electron chi connectivity index (χ3n) is 3.80. The molecule has 5 nitrogen and oxygen atoms in total. The van der Waals surface area contributed by atoms with Crippen LogP contribution in [0.4, 0.5) is 0 Å². The van der Waals surface area contributed by atoms with Gasteiger partial charge in [0.15, 0.2) is 5.84 Å². The van der Waals surface area contributed by atoms with E-state index in [9.17, 15) is 0 Å². The lowest BCUT2D eigenvalue weighted by atomic mass is 10.1. The Labute approximate surface area is 124 Å². The van der Waals surface area contributed by atoms with Gasteiger partial charge in [0.2, 0.25) is 0 Å². The van der Waals surface area contributed by atoms with Crippen LogP contribution in [0.25, 0.3) is 0 Å². The first-order chi connectivity index (χ1) is 9.51. The summed E-state index contributed by atoms with van der Waals surface area (Å²) in [6.07, 6.45) is 0. The molecule has 0 bridgehead atoms. The van der Waals surface area contributed by atoms with Gasteiger partial charge in [-0.1, -0.05) is 28.9 Å². The Kier molecular flexibility index (Phi) is 4.86. The summed E-state index contributed by atoms with van der Waals surface area (Å²) in [7, 11) is 2.15.